The van der Waals surface area contributed by atoms with Crippen LogP contribution in [0.15, 0.2) is 47.4 Å². The van der Waals surface area contributed by atoms with E-state index in [2.05, 4.69) is 45.0 Å². The van der Waals surface area contributed by atoms with Gasteiger partial charge in [0.05, 0.1) is 12.2 Å². The van der Waals surface area contributed by atoms with E-state index in [0.29, 0.717) is 12.2 Å². The van der Waals surface area contributed by atoms with Crippen LogP contribution in [0.1, 0.15) is 67.6 Å². The molecule has 0 aliphatic carbocycles. The number of allylic oxidation sites excluding steroid dienone is 1. The summed E-state index contributed by atoms with van der Waals surface area (Å²) < 4.78 is 5.04. The Labute approximate surface area is 167 Å². The normalized spacial score (nSPS) is 16.4. The molecule has 2 nitrogen and oxygen atoms in total. The lowest BCUT2D eigenvalue weighted by molar-refractivity contribution is 0.0526. The molecule has 0 fully saturated rings. The van der Waals surface area contributed by atoms with Crippen LogP contribution < -0.4 is 0 Å². The largest absolute Gasteiger partial charge is 0.462 e. The number of hydrogen-bond acceptors (Lipinski definition) is 3. The van der Waals surface area contributed by atoms with E-state index in [1.807, 2.05) is 43.0 Å². The van der Waals surface area contributed by atoms with Gasteiger partial charge in [0.25, 0.3) is 0 Å². The molecule has 0 unspecified atom stereocenters. The van der Waals surface area contributed by atoms with Crippen LogP contribution in [0.4, 0.5) is 0 Å². The maximum absolute atomic E-state index is 11.8. The molecule has 0 radical (unpaired) electrons. The highest BCUT2D eigenvalue weighted by molar-refractivity contribution is 7.99. The van der Waals surface area contributed by atoms with Crippen molar-refractivity contribution >= 4 is 29.4 Å². The Morgan fingerprint density at radius 2 is 1.85 bits per heavy atom. The summed E-state index contributed by atoms with van der Waals surface area (Å²) in [6.45, 7) is 9.08. The third-order valence-electron chi connectivity index (χ3n) is 5.17. The van der Waals surface area contributed by atoms with Crippen molar-refractivity contribution < 1.29 is 9.53 Å². The topological polar surface area (TPSA) is 26.3 Å². The Kier molecular flexibility index (Phi) is 6.11. The van der Waals surface area contributed by atoms with Crippen LogP contribution in [0.5, 0.6) is 0 Å². The summed E-state index contributed by atoms with van der Waals surface area (Å²) in [4.78, 5) is 13.2. The van der Waals surface area contributed by atoms with Crippen LogP contribution in [0, 0.1) is 0 Å². The summed E-state index contributed by atoms with van der Waals surface area (Å²) in [7, 11) is 0. The molecule has 0 N–H and O–H groups in total. The molecule has 0 spiro atoms. The van der Waals surface area contributed by atoms with E-state index < -0.39 is 0 Å². The van der Waals surface area contributed by atoms with E-state index in [0.717, 1.165) is 5.56 Å². The molecule has 1 aliphatic rings. The molecule has 27 heavy (non-hydrogen) atoms. The number of carbonyl (C=O) groups excluding carboxylic acids is 1. The molecule has 142 valence electrons. The molecular formula is C24H28O2S. The zero-order valence-corrected chi connectivity index (χ0v) is 17.5. The van der Waals surface area contributed by atoms with Gasteiger partial charge in [0.1, 0.15) is 0 Å². The van der Waals surface area contributed by atoms with Crippen molar-refractivity contribution in [2.45, 2.75) is 50.8 Å². The number of ether oxygens (including phenoxy) is 1. The van der Waals surface area contributed by atoms with Crippen LogP contribution in [0.3, 0.4) is 0 Å². The first kappa shape index (κ1) is 19.8. The Bertz CT molecular complexity index is 847. The minimum absolute atomic E-state index is 0.219. The lowest BCUT2D eigenvalue weighted by atomic mass is 9.80. The highest BCUT2D eigenvalue weighted by atomic mass is 32.2. The van der Waals surface area contributed by atoms with Crippen molar-refractivity contribution in [3.63, 3.8) is 0 Å². The van der Waals surface area contributed by atoms with E-state index in [9.17, 15) is 4.79 Å². The summed E-state index contributed by atoms with van der Waals surface area (Å²) >= 11 is 1.98. The highest BCUT2D eigenvalue weighted by Crippen LogP contribution is 2.41. The maximum atomic E-state index is 11.8. The van der Waals surface area contributed by atoms with Gasteiger partial charge in [-0.25, -0.2) is 4.79 Å². The fourth-order valence-electron chi connectivity index (χ4n) is 3.52. The molecule has 0 aromatic heterocycles. The van der Waals surface area contributed by atoms with Gasteiger partial charge in [-0.1, -0.05) is 38.1 Å². The van der Waals surface area contributed by atoms with Gasteiger partial charge in [0, 0.05) is 4.90 Å². The zero-order chi connectivity index (χ0) is 19.4. The summed E-state index contributed by atoms with van der Waals surface area (Å²) in [6, 6.07) is 14.5. The first-order valence-corrected chi connectivity index (χ1v) is 10.6. The van der Waals surface area contributed by atoms with E-state index >= 15 is 0 Å². The second-order valence-corrected chi connectivity index (χ2v) is 8.85. The first-order chi connectivity index (χ1) is 12.9. The minimum Gasteiger partial charge on any atom is -0.462 e. The van der Waals surface area contributed by atoms with Crippen LogP contribution in [-0.2, 0) is 10.2 Å². The maximum Gasteiger partial charge on any atom is 0.338 e. The molecule has 3 heteroatoms. The predicted molar refractivity (Wildman–Crippen MR) is 115 cm³/mol. The Morgan fingerprint density at radius 1 is 1.15 bits per heavy atom. The predicted octanol–water partition coefficient (Wildman–Crippen LogP) is 6.59. The van der Waals surface area contributed by atoms with Crippen LogP contribution in [0.2, 0.25) is 0 Å². The SMILES string of the molecule is CCOC(=O)c1ccc(C=C(C)c2ccc3c(c2)C(C)(C)CCCS3)cc1. The Hall–Kier alpha value is -2.00. The van der Waals surface area contributed by atoms with Crippen molar-refractivity contribution in [3.05, 3.63) is 64.7 Å². The van der Waals surface area contributed by atoms with Gasteiger partial charge in [-0.15, -0.1) is 11.8 Å². The summed E-state index contributed by atoms with van der Waals surface area (Å²) in [5, 5.41) is 0. The molecular weight excluding hydrogens is 352 g/mol. The summed E-state index contributed by atoms with van der Waals surface area (Å²) in [5.41, 5.74) is 5.86. The quantitative estimate of drug-likeness (QED) is 0.442. The standard InChI is InChI=1S/C24H28O2S/c1-5-26-23(25)19-9-7-18(8-10-19)15-17(2)20-11-12-22-21(16-20)24(3,4)13-6-14-27-22/h7-12,15-16H,5-6,13-14H2,1-4H3. The number of fused-ring (bicyclic) bond motifs is 1. The highest BCUT2D eigenvalue weighted by Gasteiger charge is 2.26. The van der Waals surface area contributed by atoms with Gasteiger partial charge >= 0.3 is 5.97 Å². The minimum atomic E-state index is -0.268. The van der Waals surface area contributed by atoms with Gasteiger partial charge in [-0.3, -0.25) is 0 Å². The number of thioether (sulfide) groups is 1. The summed E-state index contributed by atoms with van der Waals surface area (Å²) in [5.74, 6) is 0.937. The fraction of sp³-hybridized carbons (Fsp3) is 0.375. The van der Waals surface area contributed by atoms with Gasteiger partial charge < -0.3 is 4.74 Å². The monoisotopic (exact) mass is 380 g/mol. The molecule has 3 rings (SSSR count). The van der Waals surface area contributed by atoms with Gasteiger partial charge in [-0.05, 0) is 84.4 Å². The van der Waals surface area contributed by atoms with E-state index in [1.54, 1.807) is 0 Å². The third-order valence-corrected chi connectivity index (χ3v) is 6.33. The Balaban J connectivity index is 1.86. The number of rotatable bonds is 4. The fourth-order valence-corrected chi connectivity index (χ4v) is 4.69. The second-order valence-electron chi connectivity index (χ2n) is 7.72. The van der Waals surface area contributed by atoms with Gasteiger partial charge in [-0.2, -0.15) is 0 Å². The van der Waals surface area contributed by atoms with E-state index in [-0.39, 0.29) is 11.4 Å². The van der Waals surface area contributed by atoms with Crippen LogP contribution >= 0.6 is 11.8 Å². The molecule has 0 saturated heterocycles. The lowest BCUT2D eigenvalue weighted by Gasteiger charge is -2.25. The molecule has 0 saturated carbocycles. The van der Waals surface area contributed by atoms with Crippen molar-refractivity contribution in [3.8, 4) is 0 Å². The average Bonchev–Trinajstić information content (AvgIpc) is 2.80. The van der Waals surface area contributed by atoms with Crippen molar-refractivity contribution in [2.75, 3.05) is 12.4 Å². The molecule has 0 amide bonds. The number of esters is 1. The summed E-state index contributed by atoms with van der Waals surface area (Å²) in [6.07, 6.45) is 4.67. The number of benzene rings is 2. The van der Waals surface area contributed by atoms with Crippen molar-refractivity contribution in [2.24, 2.45) is 0 Å². The van der Waals surface area contributed by atoms with Gasteiger partial charge in [0.2, 0.25) is 0 Å². The zero-order valence-electron chi connectivity index (χ0n) is 16.7. The molecule has 1 heterocycles. The molecule has 1 aliphatic heterocycles. The van der Waals surface area contributed by atoms with E-state index in [1.165, 1.54) is 40.2 Å². The number of carbonyl (C=O) groups is 1. The van der Waals surface area contributed by atoms with Crippen molar-refractivity contribution in [1.29, 1.82) is 0 Å². The molecule has 0 bridgehead atoms. The first-order valence-electron chi connectivity index (χ1n) is 9.64. The second kappa shape index (κ2) is 8.35. The van der Waals surface area contributed by atoms with Gasteiger partial charge in [0.15, 0.2) is 0 Å². The Morgan fingerprint density at radius 3 is 2.56 bits per heavy atom. The molecule has 0 atom stereocenters. The average molecular weight is 381 g/mol. The third kappa shape index (κ3) is 4.65. The lowest BCUT2D eigenvalue weighted by Crippen LogP contribution is -2.17. The molecule has 2 aromatic rings. The van der Waals surface area contributed by atoms with Crippen LogP contribution in [0.25, 0.3) is 11.6 Å². The van der Waals surface area contributed by atoms with E-state index in [4.69, 9.17) is 4.74 Å². The smallest absolute Gasteiger partial charge is 0.338 e. The van der Waals surface area contributed by atoms with Crippen molar-refractivity contribution in [1.82, 2.24) is 0 Å². The van der Waals surface area contributed by atoms with Crippen LogP contribution in [-0.4, -0.2) is 18.3 Å². The molecule has 2 aromatic carbocycles. The number of hydrogen-bond donors (Lipinski definition) is 0.